The first kappa shape index (κ1) is 19.2. The number of hydrogen-bond acceptors (Lipinski definition) is 2. The van der Waals surface area contributed by atoms with Gasteiger partial charge in [-0.15, -0.1) is 12.4 Å². The van der Waals surface area contributed by atoms with Gasteiger partial charge in [0.25, 0.3) is 0 Å². The highest BCUT2D eigenvalue weighted by Gasteiger charge is 2.08. The fourth-order valence-corrected chi connectivity index (χ4v) is 3.48. The van der Waals surface area contributed by atoms with E-state index in [0.717, 1.165) is 31.6 Å². The van der Waals surface area contributed by atoms with Crippen LogP contribution in [0.15, 0.2) is 68.0 Å². The summed E-state index contributed by atoms with van der Waals surface area (Å²) in [7, 11) is 0. The zero-order chi connectivity index (χ0) is 16.2. The van der Waals surface area contributed by atoms with Crippen molar-refractivity contribution in [3.05, 3.63) is 80.7 Å². The Kier molecular flexibility index (Phi) is 7.04. The lowest BCUT2D eigenvalue weighted by Gasteiger charge is -2.04. The molecule has 0 radical (unpaired) electrons. The number of halogens is 4. The molecule has 0 spiro atoms. The number of nitrogens with one attached hydrogen (secondary N) is 1. The van der Waals surface area contributed by atoms with Gasteiger partial charge < -0.3 is 9.73 Å². The smallest absolute Gasteiger partial charge is 0.135 e. The van der Waals surface area contributed by atoms with Crippen molar-refractivity contribution in [2.24, 2.45) is 0 Å². The second-order valence-corrected chi connectivity index (χ2v) is 6.89. The van der Waals surface area contributed by atoms with Crippen LogP contribution in [0.2, 0.25) is 0 Å². The molecule has 1 N–H and O–H groups in total. The quantitative estimate of drug-likeness (QED) is 0.467. The molecule has 0 saturated carbocycles. The van der Waals surface area contributed by atoms with Crippen molar-refractivity contribution < 1.29 is 8.81 Å². The average Bonchev–Trinajstić information content (AvgIpc) is 2.98. The molecular weight excluding hydrogens is 460 g/mol. The molecule has 3 rings (SSSR count). The molecular formula is C18H15Br2ClFNO. The molecule has 1 heterocycles. The van der Waals surface area contributed by atoms with Crippen LogP contribution in [0.1, 0.15) is 11.3 Å². The SMILES string of the molecule is Cl.Fc1ccc(CNCc2ccc(-c3ccc(Br)cc3Br)o2)cc1. The van der Waals surface area contributed by atoms with E-state index in [2.05, 4.69) is 37.2 Å². The van der Waals surface area contributed by atoms with Gasteiger partial charge >= 0.3 is 0 Å². The number of furan rings is 1. The molecule has 0 aliphatic carbocycles. The van der Waals surface area contributed by atoms with E-state index < -0.39 is 0 Å². The van der Waals surface area contributed by atoms with Crippen LogP contribution in [-0.4, -0.2) is 0 Å². The second kappa shape index (κ2) is 8.81. The van der Waals surface area contributed by atoms with E-state index in [1.807, 2.05) is 30.3 Å². The van der Waals surface area contributed by atoms with Gasteiger partial charge in [-0.1, -0.05) is 28.1 Å². The highest BCUT2D eigenvalue weighted by molar-refractivity contribution is 9.11. The predicted molar refractivity (Wildman–Crippen MR) is 104 cm³/mol. The van der Waals surface area contributed by atoms with Gasteiger partial charge in [0.05, 0.1) is 6.54 Å². The summed E-state index contributed by atoms with van der Waals surface area (Å²) in [5.41, 5.74) is 2.05. The van der Waals surface area contributed by atoms with Crippen molar-refractivity contribution in [2.45, 2.75) is 13.1 Å². The van der Waals surface area contributed by atoms with Crippen LogP contribution in [0.5, 0.6) is 0 Å². The minimum absolute atomic E-state index is 0. The summed E-state index contributed by atoms with van der Waals surface area (Å²) < 4.78 is 20.7. The summed E-state index contributed by atoms with van der Waals surface area (Å²) in [6, 6.07) is 16.4. The number of rotatable bonds is 5. The van der Waals surface area contributed by atoms with Crippen molar-refractivity contribution in [1.29, 1.82) is 0 Å². The molecule has 24 heavy (non-hydrogen) atoms. The summed E-state index contributed by atoms with van der Waals surface area (Å²) in [4.78, 5) is 0. The highest BCUT2D eigenvalue weighted by Crippen LogP contribution is 2.31. The summed E-state index contributed by atoms with van der Waals surface area (Å²) in [6.45, 7) is 1.28. The zero-order valence-corrected chi connectivity index (χ0v) is 16.5. The minimum Gasteiger partial charge on any atom is -0.460 e. The molecule has 0 aliphatic heterocycles. The Bertz CT molecular complexity index is 805. The molecule has 2 aromatic carbocycles. The molecule has 6 heteroatoms. The zero-order valence-electron chi connectivity index (χ0n) is 12.6. The van der Waals surface area contributed by atoms with Gasteiger partial charge in [0.2, 0.25) is 0 Å². The summed E-state index contributed by atoms with van der Waals surface area (Å²) >= 11 is 6.99. The van der Waals surface area contributed by atoms with E-state index in [-0.39, 0.29) is 18.2 Å². The molecule has 0 atom stereocenters. The third-order valence-corrected chi connectivity index (χ3v) is 4.55. The molecule has 0 bridgehead atoms. The maximum absolute atomic E-state index is 12.9. The van der Waals surface area contributed by atoms with Gasteiger partial charge in [-0.25, -0.2) is 4.39 Å². The highest BCUT2D eigenvalue weighted by atomic mass is 79.9. The third kappa shape index (κ3) is 4.93. The fourth-order valence-electron chi connectivity index (χ4n) is 2.24. The topological polar surface area (TPSA) is 25.2 Å². The van der Waals surface area contributed by atoms with Crippen molar-refractivity contribution >= 4 is 44.3 Å². The van der Waals surface area contributed by atoms with Crippen LogP contribution in [0, 0.1) is 5.82 Å². The molecule has 2 nitrogen and oxygen atoms in total. The van der Waals surface area contributed by atoms with Gasteiger partial charge in [0.15, 0.2) is 0 Å². The molecule has 1 aromatic heterocycles. The van der Waals surface area contributed by atoms with Crippen LogP contribution < -0.4 is 5.32 Å². The van der Waals surface area contributed by atoms with Crippen molar-refractivity contribution in [3.63, 3.8) is 0 Å². The van der Waals surface area contributed by atoms with Gasteiger partial charge in [-0.05, 0) is 64.0 Å². The lowest BCUT2D eigenvalue weighted by molar-refractivity contribution is 0.493. The van der Waals surface area contributed by atoms with Crippen molar-refractivity contribution in [1.82, 2.24) is 5.32 Å². The summed E-state index contributed by atoms with van der Waals surface area (Å²) in [5.74, 6) is 1.46. The maximum Gasteiger partial charge on any atom is 0.135 e. The van der Waals surface area contributed by atoms with Gasteiger partial charge in [0.1, 0.15) is 17.3 Å². The molecule has 0 fully saturated rings. The molecule has 0 unspecified atom stereocenters. The van der Waals surface area contributed by atoms with Gasteiger partial charge in [0, 0.05) is 21.1 Å². The first-order valence-corrected chi connectivity index (χ1v) is 8.70. The van der Waals surface area contributed by atoms with Crippen LogP contribution in [0.4, 0.5) is 4.39 Å². The van der Waals surface area contributed by atoms with E-state index in [1.165, 1.54) is 12.1 Å². The minimum atomic E-state index is -0.218. The van der Waals surface area contributed by atoms with Crippen LogP contribution in [0.3, 0.4) is 0 Å². The Morgan fingerprint density at radius 2 is 1.67 bits per heavy atom. The standard InChI is InChI=1S/C18H14Br2FNO.ClH/c19-13-3-7-16(17(20)9-13)18-8-6-15(23-18)11-22-10-12-1-4-14(21)5-2-12;/h1-9,22H,10-11H2;1H. The fraction of sp³-hybridized carbons (Fsp3) is 0.111. The van der Waals surface area contributed by atoms with E-state index in [4.69, 9.17) is 4.42 Å². The normalized spacial score (nSPS) is 10.5. The number of benzene rings is 2. The molecule has 0 amide bonds. The second-order valence-electron chi connectivity index (χ2n) is 5.12. The lowest BCUT2D eigenvalue weighted by atomic mass is 10.2. The van der Waals surface area contributed by atoms with Crippen molar-refractivity contribution in [2.75, 3.05) is 0 Å². The van der Waals surface area contributed by atoms with Crippen LogP contribution in [0.25, 0.3) is 11.3 Å². The van der Waals surface area contributed by atoms with E-state index >= 15 is 0 Å². The van der Waals surface area contributed by atoms with E-state index in [1.54, 1.807) is 12.1 Å². The monoisotopic (exact) mass is 473 g/mol. The van der Waals surface area contributed by atoms with Gasteiger partial charge in [-0.3, -0.25) is 0 Å². The Hall–Kier alpha value is -1.14. The third-order valence-electron chi connectivity index (χ3n) is 3.40. The predicted octanol–water partition coefficient (Wildman–Crippen LogP) is 6.32. The van der Waals surface area contributed by atoms with Crippen molar-refractivity contribution in [3.8, 4) is 11.3 Å². The average molecular weight is 476 g/mol. The molecule has 126 valence electrons. The molecule has 0 aliphatic rings. The molecule has 3 aromatic rings. The Morgan fingerprint density at radius 1 is 0.917 bits per heavy atom. The lowest BCUT2D eigenvalue weighted by Crippen LogP contribution is -2.11. The van der Waals surface area contributed by atoms with E-state index in [0.29, 0.717) is 13.1 Å². The van der Waals surface area contributed by atoms with Crippen LogP contribution >= 0.6 is 44.3 Å². The van der Waals surface area contributed by atoms with E-state index in [9.17, 15) is 4.39 Å². The van der Waals surface area contributed by atoms with Gasteiger partial charge in [-0.2, -0.15) is 0 Å². The Morgan fingerprint density at radius 3 is 2.38 bits per heavy atom. The maximum atomic E-state index is 12.9. The summed E-state index contributed by atoms with van der Waals surface area (Å²) in [5, 5.41) is 3.29. The largest absolute Gasteiger partial charge is 0.460 e. The Labute approximate surface area is 163 Å². The first-order valence-electron chi connectivity index (χ1n) is 7.11. The first-order chi connectivity index (χ1) is 11.1. The Balaban J connectivity index is 0.00000208. The number of hydrogen-bond donors (Lipinski definition) is 1. The summed E-state index contributed by atoms with van der Waals surface area (Å²) in [6.07, 6.45) is 0. The van der Waals surface area contributed by atoms with Crippen LogP contribution in [-0.2, 0) is 13.1 Å². The molecule has 0 saturated heterocycles.